The van der Waals surface area contributed by atoms with Crippen LogP contribution in [0.5, 0.6) is 5.75 Å². The average molecular weight is 318 g/mol. The highest BCUT2D eigenvalue weighted by atomic mass is 16.5. The summed E-state index contributed by atoms with van der Waals surface area (Å²) in [7, 11) is 0. The Morgan fingerprint density at radius 1 is 1.39 bits per heavy atom. The van der Waals surface area contributed by atoms with E-state index in [1.54, 1.807) is 0 Å². The van der Waals surface area contributed by atoms with Gasteiger partial charge in [-0.3, -0.25) is 0 Å². The van der Waals surface area contributed by atoms with E-state index >= 15 is 0 Å². The first-order valence-corrected chi connectivity index (χ1v) is 8.40. The van der Waals surface area contributed by atoms with Gasteiger partial charge < -0.3 is 20.1 Å². The highest BCUT2D eigenvalue weighted by molar-refractivity contribution is 5.74. The van der Waals surface area contributed by atoms with Gasteiger partial charge in [-0.25, -0.2) is 4.79 Å². The molecular formula is C18H26N2O3. The second-order valence-electron chi connectivity index (χ2n) is 6.91. The first-order valence-electron chi connectivity index (χ1n) is 8.40. The van der Waals surface area contributed by atoms with Gasteiger partial charge in [-0.2, -0.15) is 0 Å². The van der Waals surface area contributed by atoms with Crippen molar-refractivity contribution < 1.29 is 14.3 Å². The molecule has 5 heteroatoms. The van der Waals surface area contributed by atoms with Crippen molar-refractivity contribution in [3.63, 3.8) is 0 Å². The Balaban J connectivity index is 1.54. The summed E-state index contributed by atoms with van der Waals surface area (Å²) >= 11 is 0. The maximum Gasteiger partial charge on any atom is 0.315 e. The molecule has 2 aliphatic rings. The maximum absolute atomic E-state index is 12.3. The molecule has 2 fully saturated rings. The van der Waals surface area contributed by atoms with Gasteiger partial charge in [-0.1, -0.05) is 32.0 Å². The summed E-state index contributed by atoms with van der Waals surface area (Å²) < 4.78 is 11.3. The number of hydrogen-bond donors (Lipinski definition) is 2. The molecule has 3 rings (SSSR count). The van der Waals surface area contributed by atoms with Crippen molar-refractivity contribution in [2.75, 3.05) is 13.2 Å². The van der Waals surface area contributed by atoms with E-state index in [-0.39, 0.29) is 23.6 Å². The van der Waals surface area contributed by atoms with Gasteiger partial charge in [0.1, 0.15) is 5.75 Å². The molecule has 0 bridgehead atoms. The molecule has 1 aliphatic heterocycles. The zero-order chi connectivity index (χ0) is 16.4. The van der Waals surface area contributed by atoms with Gasteiger partial charge in [0.25, 0.3) is 0 Å². The number of urea groups is 1. The maximum atomic E-state index is 12.3. The monoisotopic (exact) mass is 318 g/mol. The minimum atomic E-state index is -0.125. The lowest BCUT2D eigenvalue weighted by Gasteiger charge is -2.54. The van der Waals surface area contributed by atoms with E-state index in [1.165, 1.54) is 0 Å². The van der Waals surface area contributed by atoms with E-state index in [4.69, 9.17) is 9.47 Å². The van der Waals surface area contributed by atoms with Gasteiger partial charge in [-0.15, -0.1) is 0 Å². The van der Waals surface area contributed by atoms with Crippen LogP contribution >= 0.6 is 0 Å². The van der Waals surface area contributed by atoms with Gasteiger partial charge in [0.15, 0.2) is 0 Å². The first kappa shape index (κ1) is 16.1. The van der Waals surface area contributed by atoms with Crippen molar-refractivity contribution >= 4 is 6.03 Å². The van der Waals surface area contributed by atoms with Crippen molar-refractivity contribution in [3.8, 4) is 5.75 Å². The molecule has 0 aromatic heterocycles. The van der Waals surface area contributed by atoms with Crippen LogP contribution in [0.4, 0.5) is 4.79 Å². The summed E-state index contributed by atoms with van der Waals surface area (Å²) in [5, 5.41) is 6.07. The lowest BCUT2D eigenvalue weighted by atomic mass is 9.57. The molecule has 0 unspecified atom stereocenters. The number of amides is 2. The Kier molecular flexibility index (Phi) is 4.48. The molecule has 5 nitrogen and oxygen atoms in total. The number of carbonyl (C=O) groups is 1. The number of rotatable bonds is 5. The summed E-state index contributed by atoms with van der Waals surface area (Å²) in [6, 6.07) is 7.84. The zero-order valence-electron chi connectivity index (χ0n) is 14.1. The molecule has 1 aromatic carbocycles. The number of nitrogens with one attached hydrogen (secondary N) is 2. The lowest BCUT2D eigenvalue weighted by Crippen LogP contribution is -2.67. The number of ether oxygens (including phenoxy) is 2. The smallest absolute Gasteiger partial charge is 0.315 e. The van der Waals surface area contributed by atoms with Crippen LogP contribution in [0.1, 0.15) is 32.8 Å². The fraction of sp³-hybridized carbons (Fsp3) is 0.611. The molecule has 1 aromatic rings. The molecule has 0 spiro atoms. The molecule has 3 atom stereocenters. The topological polar surface area (TPSA) is 59.6 Å². The third kappa shape index (κ3) is 3.02. The van der Waals surface area contributed by atoms with Crippen LogP contribution in [0.15, 0.2) is 24.3 Å². The van der Waals surface area contributed by atoms with Crippen LogP contribution in [-0.4, -0.2) is 31.4 Å². The predicted octanol–water partition coefficient (Wildman–Crippen LogP) is 2.70. The van der Waals surface area contributed by atoms with Crippen LogP contribution in [0.25, 0.3) is 0 Å². The summed E-state index contributed by atoms with van der Waals surface area (Å²) in [5.41, 5.74) is 0.987. The molecule has 0 radical (unpaired) electrons. The molecule has 1 saturated carbocycles. The largest absolute Gasteiger partial charge is 0.494 e. The van der Waals surface area contributed by atoms with Crippen molar-refractivity contribution in [1.29, 1.82) is 0 Å². The Hall–Kier alpha value is -1.75. The van der Waals surface area contributed by atoms with E-state index < -0.39 is 0 Å². The Bertz CT molecular complexity index is 573. The van der Waals surface area contributed by atoms with E-state index in [0.29, 0.717) is 19.1 Å². The van der Waals surface area contributed by atoms with Crippen molar-refractivity contribution in [2.45, 2.75) is 45.9 Å². The van der Waals surface area contributed by atoms with Gasteiger partial charge >= 0.3 is 6.03 Å². The molecular weight excluding hydrogens is 292 g/mol. The van der Waals surface area contributed by atoms with E-state index in [1.807, 2.05) is 31.2 Å². The van der Waals surface area contributed by atoms with E-state index in [2.05, 4.69) is 24.5 Å². The lowest BCUT2D eigenvalue weighted by molar-refractivity contribution is -0.108. The fourth-order valence-electron chi connectivity index (χ4n) is 3.93. The molecule has 2 amide bonds. The molecule has 2 N–H and O–H groups in total. The molecule has 1 heterocycles. The quantitative estimate of drug-likeness (QED) is 0.877. The highest BCUT2D eigenvalue weighted by Crippen LogP contribution is 2.52. The van der Waals surface area contributed by atoms with Gasteiger partial charge in [-0.05, 0) is 19.4 Å². The van der Waals surface area contributed by atoms with Crippen LogP contribution in [0, 0.1) is 11.3 Å². The second kappa shape index (κ2) is 6.40. The summed E-state index contributed by atoms with van der Waals surface area (Å²) in [6.45, 7) is 8.15. The standard InChI is InChI=1S/C18H26N2O3/c1-4-22-14-8-6-5-7-12(14)11-19-17(21)20-15-13-9-10-23-16(13)18(15,2)3/h5-8,13,15-16H,4,9-11H2,1-3H3,(H2,19,20,21)/t13-,15+,16-/m0/s1. The Morgan fingerprint density at radius 3 is 2.96 bits per heavy atom. The second-order valence-corrected chi connectivity index (χ2v) is 6.91. The Labute approximate surface area is 137 Å². The predicted molar refractivity (Wildman–Crippen MR) is 88.4 cm³/mol. The zero-order valence-corrected chi connectivity index (χ0v) is 14.1. The van der Waals surface area contributed by atoms with E-state index in [9.17, 15) is 4.79 Å². The minimum Gasteiger partial charge on any atom is -0.494 e. The van der Waals surface area contributed by atoms with Gasteiger partial charge in [0, 0.05) is 36.1 Å². The number of fused-ring (bicyclic) bond motifs is 1. The van der Waals surface area contributed by atoms with Gasteiger partial charge in [0.05, 0.1) is 12.7 Å². The van der Waals surface area contributed by atoms with Crippen LogP contribution in [0.2, 0.25) is 0 Å². The van der Waals surface area contributed by atoms with Crippen molar-refractivity contribution in [1.82, 2.24) is 10.6 Å². The van der Waals surface area contributed by atoms with Gasteiger partial charge in [0.2, 0.25) is 0 Å². The summed E-state index contributed by atoms with van der Waals surface area (Å²) in [6.07, 6.45) is 1.32. The average Bonchev–Trinajstić information content (AvgIpc) is 2.99. The SMILES string of the molecule is CCOc1ccccc1CNC(=O)N[C@@H]1[C@@H]2CCO[C@@H]2C1(C)C. The van der Waals surface area contributed by atoms with Crippen LogP contribution in [0.3, 0.4) is 0 Å². The van der Waals surface area contributed by atoms with Crippen LogP contribution in [-0.2, 0) is 11.3 Å². The summed E-state index contributed by atoms with van der Waals surface area (Å²) in [4.78, 5) is 12.3. The molecule has 126 valence electrons. The van der Waals surface area contributed by atoms with E-state index in [0.717, 1.165) is 24.3 Å². The first-order chi connectivity index (χ1) is 11.0. The Morgan fingerprint density at radius 2 is 2.17 bits per heavy atom. The third-order valence-electron chi connectivity index (χ3n) is 5.10. The fourth-order valence-corrected chi connectivity index (χ4v) is 3.93. The number of hydrogen-bond acceptors (Lipinski definition) is 3. The molecule has 23 heavy (non-hydrogen) atoms. The molecule has 1 saturated heterocycles. The summed E-state index contributed by atoms with van der Waals surface area (Å²) in [5.74, 6) is 1.27. The highest BCUT2D eigenvalue weighted by Gasteiger charge is 2.59. The third-order valence-corrected chi connectivity index (χ3v) is 5.10. The number of para-hydroxylation sites is 1. The number of benzene rings is 1. The minimum absolute atomic E-state index is 0.00172. The molecule has 1 aliphatic carbocycles. The number of carbonyl (C=O) groups excluding carboxylic acids is 1. The van der Waals surface area contributed by atoms with Crippen LogP contribution < -0.4 is 15.4 Å². The van der Waals surface area contributed by atoms with Crippen molar-refractivity contribution in [3.05, 3.63) is 29.8 Å². The normalized spacial score (nSPS) is 27.7. The van der Waals surface area contributed by atoms with Crippen molar-refractivity contribution in [2.24, 2.45) is 11.3 Å².